The van der Waals surface area contributed by atoms with Crippen LogP contribution in [0.3, 0.4) is 0 Å². The van der Waals surface area contributed by atoms with Crippen molar-refractivity contribution in [1.82, 2.24) is 4.90 Å². The van der Waals surface area contributed by atoms with Crippen LogP contribution in [0.2, 0.25) is 0 Å². The summed E-state index contributed by atoms with van der Waals surface area (Å²) in [5.41, 5.74) is 1.40. The van der Waals surface area contributed by atoms with Crippen molar-refractivity contribution in [2.45, 2.75) is 38.5 Å². The van der Waals surface area contributed by atoms with Crippen molar-refractivity contribution >= 4 is 34.8 Å². The molecule has 9 heteroatoms. The molecule has 1 saturated heterocycles. The van der Waals surface area contributed by atoms with E-state index in [0.29, 0.717) is 28.6 Å². The number of thioether (sulfide) groups is 1. The fourth-order valence-corrected chi connectivity index (χ4v) is 4.50. The molecule has 2 heterocycles. The number of carbonyl (C=O) groups excluding carboxylic acids is 3. The Labute approximate surface area is 172 Å². The minimum absolute atomic E-state index is 0.113. The first kappa shape index (κ1) is 20.9. The molecular formula is C20H22N2O6S. The minimum Gasteiger partial charge on any atom is -0.493 e. The number of ether oxygens (including phenoxy) is 3. The summed E-state index contributed by atoms with van der Waals surface area (Å²) in [6.07, 6.45) is 0.646. The average molecular weight is 418 g/mol. The van der Waals surface area contributed by atoms with Gasteiger partial charge in [0.1, 0.15) is 0 Å². The molecule has 1 aromatic carbocycles. The van der Waals surface area contributed by atoms with Crippen LogP contribution in [0.4, 0.5) is 0 Å². The highest BCUT2D eigenvalue weighted by molar-refractivity contribution is 8.15. The van der Waals surface area contributed by atoms with Gasteiger partial charge in [0, 0.05) is 6.92 Å². The van der Waals surface area contributed by atoms with E-state index in [4.69, 9.17) is 14.2 Å². The molecule has 2 atom stereocenters. The van der Waals surface area contributed by atoms with E-state index in [-0.39, 0.29) is 22.5 Å². The summed E-state index contributed by atoms with van der Waals surface area (Å²) in [4.78, 5) is 43.0. The van der Waals surface area contributed by atoms with Gasteiger partial charge in [-0.15, -0.1) is 0 Å². The van der Waals surface area contributed by atoms with Crippen LogP contribution in [-0.4, -0.2) is 47.4 Å². The van der Waals surface area contributed by atoms with E-state index in [0.717, 1.165) is 0 Å². The number of nitrogens with zero attached hydrogens (tertiary/aromatic N) is 2. The third-order valence-electron chi connectivity index (χ3n) is 4.68. The molecule has 154 valence electrons. The van der Waals surface area contributed by atoms with Crippen LogP contribution in [-0.2, 0) is 19.1 Å². The second-order valence-corrected chi connectivity index (χ2v) is 7.68. The van der Waals surface area contributed by atoms with Crippen LogP contribution in [0.15, 0.2) is 34.5 Å². The van der Waals surface area contributed by atoms with E-state index in [2.05, 4.69) is 4.99 Å². The average Bonchev–Trinajstić information content (AvgIpc) is 3.01. The molecule has 0 saturated carbocycles. The lowest BCUT2D eigenvalue weighted by molar-refractivity contribution is -0.137. The molecule has 29 heavy (non-hydrogen) atoms. The Morgan fingerprint density at radius 2 is 1.97 bits per heavy atom. The molecule has 0 aliphatic carbocycles. The molecule has 2 aliphatic heterocycles. The first-order valence-electron chi connectivity index (χ1n) is 9.06. The van der Waals surface area contributed by atoms with Crippen LogP contribution >= 0.6 is 11.8 Å². The zero-order valence-electron chi connectivity index (χ0n) is 16.8. The fraction of sp³-hybridized carbons (Fsp3) is 0.400. The number of hydrogen-bond donors (Lipinski definition) is 0. The van der Waals surface area contributed by atoms with Crippen molar-refractivity contribution in [1.29, 1.82) is 0 Å². The van der Waals surface area contributed by atoms with Crippen LogP contribution < -0.4 is 9.47 Å². The number of amidine groups is 1. The minimum atomic E-state index is -0.716. The first-order valence-corrected chi connectivity index (χ1v) is 9.94. The van der Waals surface area contributed by atoms with Crippen molar-refractivity contribution in [2.24, 2.45) is 4.99 Å². The van der Waals surface area contributed by atoms with Gasteiger partial charge in [-0.3, -0.25) is 14.5 Å². The van der Waals surface area contributed by atoms with Gasteiger partial charge in [-0.1, -0.05) is 24.8 Å². The number of rotatable bonds is 5. The smallest absolute Gasteiger partial charge is 0.338 e. The maximum Gasteiger partial charge on any atom is 0.338 e. The van der Waals surface area contributed by atoms with E-state index >= 15 is 0 Å². The zero-order chi connectivity index (χ0) is 21.3. The van der Waals surface area contributed by atoms with Crippen LogP contribution in [0, 0.1) is 0 Å². The van der Waals surface area contributed by atoms with Crippen molar-refractivity contribution in [3.05, 3.63) is 35.0 Å². The Kier molecular flexibility index (Phi) is 5.97. The third kappa shape index (κ3) is 3.74. The SMILES string of the molecule is CC[C@@H]1SC2=NC(C)=C(C(=O)OC)[C@@H](c3ccc(OC(C)=O)c(OC)c3)N2C1=O. The van der Waals surface area contributed by atoms with Crippen molar-refractivity contribution < 1.29 is 28.6 Å². The van der Waals surface area contributed by atoms with Crippen LogP contribution in [0.5, 0.6) is 11.5 Å². The Balaban J connectivity index is 2.15. The van der Waals surface area contributed by atoms with Gasteiger partial charge in [0.05, 0.1) is 36.8 Å². The molecule has 0 radical (unpaired) electrons. The highest BCUT2D eigenvalue weighted by Crippen LogP contribution is 2.45. The summed E-state index contributed by atoms with van der Waals surface area (Å²) in [5.74, 6) is -0.586. The summed E-state index contributed by atoms with van der Waals surface area (Å²) < 4.78 is 15.5. The summed E-state index contributed by atoms with van der Waals surface area (Å²) in [6, 6.07) is 4.21. The second-order valence-electron chi connectivity index (χ2n) is 6.51. The van der Waals surface area contributed by atoms with Gasteiger partial charge in [0.15, 0.2) is 16.7 Å². The largest absolute Gasteiger partial charge is 0.493 e. The molecule has 8 nitrogen and oxygen atoms in total. The van der Waals surface area contributed by atoms with Crippen LogP contribution in [0.25, 0.3) is 0 Å². The summed E-state index contributed by atoms with van der Waals surface area (Å²) >= 11 is 1.39. The van der Waals surface area contributed by atoms with Gasteiger partial charge >= 0.3 is 11.9 Å². The standard InChI is InChI=1S/C20H22N2O6S/c1-6-15-18(24)22-17(16(19(25)27-5)10(2)21-20(22)29-15)12-7-8-13(28-11(3)23)14(9-12)26-4/h7-9,15,17H,6H2,1-5H3/t15-,17+/m0/s1. The van der Waals surface area contributed by atoms with E-state index in [9.17, 15) is 14.4 Å². The van der Waals surface area contributed by atoms with Crippen LogP contribution in [0.1, 0.15) is 38.8 Å². The first-order chi connectivity index (χ1) is 13.8. The number of carbonyl (C=O) groups is 3. The molecule has 1 fully saturated rings. The molecule has 3 rings (SSSR count). The summed E-state index contributed by atoms with van der Waals surface area (Å²) in [6.45, 7) is 4.95. The van der Waals surface area contributed by atoms with Gasteiger partial charge in [-0.05, 0) is 31.0 Å². The quantitative estimate of drug-likeness (QED) is 0.536. The third-order valence-corrected chi connectivity index (χ3v) is 6.00. The molecule has 0 unspecified atom stereocenters. The Morgan fingerprint density at radius 3 is 2.55 bits per heavy atom. The monoisotopic (exact) mass is 418 g/mol. The van der Waals surface area contributed by atoms with Crippen molar-refractivity contribution in [3.8, 4) is 11.5 Å². The van der Waals surface area contributed by atoms with E-state index in [1.807, 2.05) is 6.92 Å². The topological polar surface area (TPSA) is 94.5 Å². The van der Waals surface area contributed by atoms with E-state index in [1.54, 1.807) is 30.0 Å². The summed E-state index contributed by atoms with van der Waals surface area (Å²) in [5, 5.41) is 0.295. The van der Waals surface area contributed by atoms with Crippen molar-refractivity contribution in [2.75, 3.05) is 14.2 Å². The van der Waals surface area contributed by atoms with Gasteiger partial charge in [-0.2, -0.15) is 0 Å². The number of methoxy groups -OCH3 is 2. The number of fused-ring (bicyclic) bond motifs is 1. The number of esters is 2. The van der Waals surface area contributed by atoms with Crippen molar-refractivity contribution in [3.63, 3.8) is 0 Å². The number of aliphatic imine (C=N–C) groups is 1. The number of allylic oxidation sites excluding steroid dienone is 1. The number of hydrogen-bond acceptors (Lipinski definition) is 8. The molecular weight excluding hydrogens is 396 g/mol. The van der Waals surface area contributed by atoms with Gasteiger partial charge in [0.2, 0.25) is 5.91 Å². The predicted octanol–water partition coefficient (Wildman–Crippen LogP) is 2.83. The maximum absolute atomic E-state index is 13.0. The maximum atomic E-state index is 13.0. The Hall–Kier alpha value is -2.81. The lowest BCUT2D eigenvalue weighted by atomic mass is 9.94. The zero-order valence-corrected chi connectivity index (χ0v) is 17.7. The molecule has 0 bridgehead atoms. The highest BCUT2D eigenvalue weighted by atomic mass is 32.2. The molecule has 0 aromatic heterocycles. The molecule has 2 aliphatic rings. The predicted molar refractivity (Wildman–Crippen MR) is 108 cm³/mol. The molecule has 0 N–H and O–H groups in total. The summed E-state index contributed by atoms with van der Waals surface area (Å²) in [7, 11) is 2.74. The van der Waals surface area contributed by atoms with Gasteiger partial charge < -0.3 is 14.2 Å². The Morgan fingerprint density at radius 1 is 1.24 bits per heavy atom. The Bertz CT molecular complexity index is 939. The normalized spacial score (nSPS) is 20.9. The number of amides is 1. The van der Waals surface area contributed by atoms with E-state index in [1.165, 1.54) is 32.9 Å². The second kappa shape index (κ2) is 8.28. The number of benzene rings is 1. The molecule has 1 aromatic rings. The molecule has 0 spiro atoms. The fourth-order valence-electron chi connectivity index (χ4n) is 3.37. The lowest BCUT2D eigenvalue weighted by Crippen LogP contribution is -2.40. The van der Waals surface area contributed by atoms with Gasteiger partial charge in [-0.25, -0.2) is 9.79 Å². The highest BCUT2D eigenvalue weighted by Gasteiger charge is 2.47. The molecule has 1 amide bonds. The van der Waals surface area contributed by atoms with Gasteiger partial charge in [0.25, 0.3) is 0 Å². The lowest BCUT2D eigenvalue weighted by Gasteiger charge is -2.33. The van der Waals surface area contributed by atoms with E-state index < -0.39 is 18.0 Å².